The summed E-state index contributed by atoms with van der Waals surface area (Å²) in [5.74, 6) is 0.455. The fourth-order valence-electron chi connectivity index (χ4n) is 3.08. The van der Waals surface area contributed by atoms with Gasteiger partial charge in [0.05, 0.1) is 29.5 Å². The van der Waals surface area contributed by atoms with Crippen molar-refractivity contribution < 1.29 is 9.53 Å². The predicted molar refractivity (Wildman–Crippen MR) is 103 cm³/mol. The van der Waals surface area contributed by atoms with Gasteiger partial charge in [0.2, 0.25) is 0 Å². The van der Waals surface area contributed by atoms with E-state index in [1.54, 1.807) is 12.1 Å². The molecule has 0 spiro atoms. The van der Waals surface area contributed by atoms with Gasteiger partial charge in [-0.2, -0.15) is 5.10 Å². The maximum atomic E-state index is 12.4. The zero-order chi connectivity index (χ0) is 19.6. The molecule has 0 saturated carbocycles. The highest BCUT2D eigenvalue weighted by Gasteiger charge is 2.14. The minimum Gasteiger partial charge on any atom is -0.494 e. The SMILES string of the molecule is CCCn1nc(C)c(CNC(=O)Nc2cc3[nH]c(=O)[nH]c3cc2OC)c1C. The lowest BCUT2D eigenvalue weighted by atomic mass is 10.2. The maximum absolute atomic E-state index is 12.4. The van der Waals surface area contributed by atoms with Gasteiger partial charge in [0, 0.05) is 30.4 Å². The molecule has 1 aromatic carbocycles. The number of rotatable bonds is 6. The van der Waals surface area contributed by atoms with Gasteiger partial charge in [-0.05, 0) is 26.3 Å². The van der Waals surface area contributed by atoms with Gasteiger partial charge in [-0.1, -0.05) is 6.92 Å². The first-order chi connectivity index (χ1) is 12.9. The Kier molecular flexibility index (Phi) is 5.20. The molecule has 0 aliphatic heterocycles. The van der Waals surface area contributed by atoms with E-state index in [2.05, 4.69) is 32.6 Å². The molecular formula is C18H24N6O3. The van der Waals surface area contributed by atoms with Crippen LogP contribution in [-0.4, -0.2) is 32.9 Å². The fraction of sp³-hybridized carbons (Fsp3) is 0.389. The van der Waals surface area contributed by atoms with Gasteiger partial charge in [0.15, 0.2) is 0 Å². The average molecular weight is 372 g/mol. The molecular weight excluding hydrogens is 348 g/mol. The van der Waals surface area contributed by atoms with Gasteiger partial charge in [-0.25, -0.2) is 9.59 Å². The van der Waals surface area contributed by atoms with E-state index in [0.29, 0.717) is 29.0 Å². The van der Waals surface area contributed by atoms with Crippen LogP contribution in [-0.2, 0) is 13.1 Å². The molecule has 0 radical (unpaired) electrons. The number of aromatic nitrogens is 4. The number of benzene rings is 1. The molecule has 27 heavy (non-hydrogen) atoms. The smallest absolute Gasteiger partial charge is 0.323 e. The van der Waals surface area contributed by atoms with Crippen molar-refractivity contribution >= 4 is 22.8 Å². The molecule has 3 rings (SSSR count). The summed E-state index contributed by atoms with van der Waals surface area (Å²) in [6.45, 7) is 7.27. The summed E-state index contributed by atoms with van der Waals surface area (Å²) >= 11 is 0. The molecule has 0 unspecified atom stereocenters. The molecule has 2 heterocycles. The second-order valence-electron chi connectivity index (χ2n) is 6.36. The van der Waals surface area contributed by atoms with Crippen molar-refractivity contribution in [2.75, 3.05) is 12.4 Å². The molecule has 9 heteroatoms. The van der Waals surface area contributed by atoms with Gasteiger partial charge in [0.1, 0.15) is 5.75 Å². The average Bonchev–Trinajstić information content (AvgIpc) is 3.11. The number of fused-ring (bicyclic) bond motifs is 1. The second-order valence-corrected chi connectivity index (χ2v) is 6.36. The number of anilines is 1. The Morgan fingerprint density at radius 3 is 2.63 bits per heavy atom. The summed E-state index contributed by atoms with van der Waals surface area (Å²) in [5, 5.41) is 10.1. The first kappa shape index (κ1) is 18.6. The molecule has 9 nitrogen and oxygen atoms in total. The fourth-order valence-corrected chi connectivity index (χ4v) is 3.08. The molecule has 144 valence electrons. The van der Waals surface area contributed by atoms with Gasteiger partial charge >= 0.3 is 11.7 Å². The maximum Gasteiger partial charge on any atom is 0.323 e. The number of H-pyrrole nitrogens is 2. The summed E-state index contributed by atoms with van der Waals surface area (Å²) in [6.07, 6.45) is 0.999. The third-order valence-electron chi connectivity index (χ3n) is 4.48. The Balaban J connectivity index is 1.73. The summed E-state index contributed by atoms with van der Waals surface area (Å²) in [4.78, 5) is 29.1. The van der Waals surface area contributed by atoms with Crippen LogP contribution >= 0.6 is 0 Å². The predicted octanol–water partition coefficient (Wildman–Crippen LogP) is 2.41. The lowest BCUT2D eigenvalue weighted by Gasteiger charge is -2.12. The molecule has 0 bridgehead atoms. The molecule has 0 saturated heterocycles. The van der Waals surface area contributed by atoms with Crippen molar-refractivity contribution in [3.63, 3.8) is 0 Å². The van der Waals surface area contributed by atoms with E-state index in [4.69, 9.17) is 4.74 Å². The van der Waals surface area contributed by atoms with Crippen molar-refractivity contribution in [3.8, 4) is 5.75 Å². The summed E-state index contributed by atoms with van der Waals surface area (Å²) in [6, 6.07) is 2.94. The number of nitrogens with zero attached hydrogens (tertiary/aromatic N) is 2. The van der Waals surface area contributed by atoms with Crippen LogP contribution in [0.4, 0.5) is 10.5 Å². The number of hydrogen-bond donors (Lipinski definition) is 4. The third kappa shape index (κ3) is 3.81. The number of hydrogen-bond acceptors (Lipinski definition) is 4. The Morgan fingerprint density at radius 2 is 1.96 bits per heavy atom. The van der Waals surface area contributed by atoms with Crippen LogP contribution in [0, 0.1) is 13.8 Å². The second kappa shape index (κ2) is 7.56. The van der Waals surface area contributed by atoms with Crippen LogP contribution in [0.25, 0.3) is 11.0 Å². The van der Waals surface area contributed by atoms with Crippen molar-refractivity contribution in [1.29, 1.82) is 0 Å². The van der Waals surface area contributed by atoms with Crippen LogP contribution in [0.5, 0.6) is 5.75 Å². The highest BCUT2D eigenvalue weighted by atomic mass is 16.5. The normalized spacial score (nSPS) is 11.0. The van der Waals surface area contributed by atoms with Gasteiger partial charge in [0.25, 0.3) is 0 Å². The number of amides is 2. The number of methoxy groups -OCH3 is 1. The van der Waals surface area contributed by atoms with Crippen LogP contribution in [0.3, 0.4) is 0 Å². The number of aryl methyl sites for hydroxylation is 2. The molecule has 0 aliphatic carbocycles. The van der Waals surface area contributed by atoms with Crippen molar-refractivity contribution in [2.45, 2.75) is 40.3 Å². The molecule has 2 aromatic heterocycles. The molecule has 0 atom stereocenters. The van der Waals surface area contributed by atoms with Gasteiger partial charge < -0.3 is 25.3 Å². The van der Waals surface area contributed by atoms with Gasteiger partial charge in [-0.3, -0.25) is 4.68 Å². The van der Waals surface area contributed by atoms with Crippen molar-refractivity contribution in [3.05, 3.63) is 39.6 Å². The van der Waals surface area contributed by atoms with E-state index in [0.717, 1.165) is 29.9 Å². The monoisotopic (exact) mass is 372 g/mol. The lowest BCUT2D eigenvalue weighted by molar-refractivity contribution is 0.251. The molecule has 0 aliphatic rings. The number of carbonyl (C=O) groups is 1. The molecule has 4 N–H and O–H groups in total. The zero-order valence-electron chi connectivity index (χ0n) is 15.9. The van der Waals surface area contributed by atoms with Crippen molar-refractivity contribution in [2.24, 2.45) is 0 Å². The Labute approximate surface area is 156 Å². The van der Waals surface area contributed by atoms with E-state index in [1.807, 2.05) is 18.5 Å². The number of carbonyl (C=O) groups excluding carboxylic acids is 1. The van der Waals surface area contributed by atoms with Crippen LogP contribution in [0.1, 0.15) is 30.3 Å². The highest BCUT2D eigenvalue weighted by Crippen LogP contribution is 2.28. The molecule has 0 fully saturated rings. The van der Waals surface area contributed by atoms with Gasteiger partial charge in [-0.15, -0.1) is 0 Å². The quantitative estimate of drug-likeness (QED) is 0.531. The van der Waals surface area contributed by atoms with E-state index in [9.17, 15) is 9.59 Å². The minimum atomic E-state index is -0.368. The Bertz CT molecular complexity index is 1030. The standard InChI is InChI=1S/C18H24N6O3/c1-5-6-24-11(3)12(10(2)23-24)9-19-17(25)22-15-7-13-14(8-16(15)27-4)21-18(26)20-13/h7-8H,5-6,9H2,1-4H3,(H2,19,22,25)(H2,20,21,26). The van der Waals surface area contributed by atoms with E-state index in [-0.39, 0.29) is 11.7 Å². The van der Waals surface area contributed by atoms with Crippen molar-refractivity contribution in [1.82, 2.24) is 25.1 Å². The highest BCUT2D eigenvalue weighted by molar-refractivity contribution is 5.94. The number of ether oxygens (including phenoxy) is 1. The summed E-state index contributed by atoms with van der Waals surface area (Å²) in [7, 11) is 1.50. The van der Waals surface area contributed by atoms with E-state index < -0.39 is 0 Å². The van der Waals surface area contributed by atoms with Crippen LogP contribution in [0.15, 0.2) is 16.9 Å². The Morgan fingerprint density at radius 1 is 1.26 bits per heavy atom. The molecule has 3 aromatic rings. The third-order valence-corrected chi connectivity index (χ3v) is 4.48. The van der Waals surface area contributed by atoms with Crippen LogP contribution in [0.2, 0.25) is 0 Å². The topological polar surface area (TPSA) is 117 Å². The lowest BCUT2D eigenvalue weighted by Crippen LogP contribution is -2.28. The van der Waals surface area contributed by atoms with Crippen LogP contribution < -0.4 is 21.1 Å². The number of urea groups is 1. The number of nitrogens with one attached hydrogen (secondary N) is 4. The first-order valence-corrected chi connectivity index (χ1v) is 8.80. The number of imidazole rings is 1. The summed E-state index contributed by atoms with van der Waals surface area (Å²) in [5.41, 5.74) is 4.32. The number of aromatic amines is 2. The summed E-state index contributed by atoms with van der Waals surface area (Å²) < 4.78 is 7.26. The largest absolute Gasteiger partial charge is 0.494 e. The minimum absolute atomic E-state index is 0.316. The zero-order valence-corrected chi connectivity index (χ0v) is 15.9. The molecule has 2 amide bonds. The van der Waals surface area contributed by atoms with E-state index in [1.165, 1.54) is 7.11 Å². The van der Waals surface area contributed by atoms with E-state index >= 15 is 0 Å². The Hall–Kier alpha value is -3.23. The first-order valence-electron chi connectivity index (χ1n) is 8.80.